The van der Waals surface area contributed by atoms with Crippen LogP contribution in [0.25, 0.3) is 11.3 Å². The zero-order valence-corrected chi connectivity index (χ0v) is 16.0. The fraction of sp³-hybridized carbons (Fsp3) is 0.0952. The van der Waals surface area contributed by atoms with Crippen LogP contribution in [0.3, 0.4) is 0 Å². The number of benzene rings is 2. The minimum Gasteiger partial charge on any atom is -0.496 e. The lowest BCUT2D eigenvalue weighted by molar-refractivity contribution is -0.131. The molecule has 29 heavy (non-hydrogen) atoms. The fourth-order valence-corrected chi connectivity index (χ4v) is 3.22. The maximum absolute atomic E-state index is 13.6. The summed E-state index contributed by atoms with van der Waals surface area (Å²) in [5.41, 5.74) is 1.59. The summed E-state index contributed by atoms with van der Waals surface area (Å²) in [6.45, 7) is 0. The maximum Gasteiger partial charge on any atom is 0.321 e. The van der Waals surface area contributed by atoms with Crippen molar-refractivity contribution in [3.63, 3.8) is 0 Å². The van der Waals surface area contributed by atoms with Crippen molar-refractivity contribution in [1.29, 1.82) is 5.26 Å². The molecule has 3 aromatic rings. The van der Waals surface area contributed by atoms with Gasteiger partial charge in [-0.3, -0.25) is 4.79 Å². The number of nitrogens with zero attached hydrogens (tertiary/aromatic N) is 2. The fourth-order valence-electron chi connectivity index (χ4n) is 2.48. The van der Waals surface area contributed by atoms with E-state index in [4.69, 9.17) is 9.47 Å². The molecule has 0 saturated heterocycles. The first-order valence-corrected chi connectivity index (χ1v) is 9.33. The molecule has 1 heterocycles. The smallest absolute Gasteiger partial charge is 0.321 e. The van der Waals surface area contributed by atoms with Crippen molar-refractivity contribution in [2.75, 3.05) is 12.9 Å². The van der Waals surface area contributed by atoms with Crippen molar-refractivity contribution in [3.8, 4) is 28.8 Å². The molecule has 2 aromatic carbocycles. The van der Waals surface area contributed by atoms with Crippen molar-refractivity contribution >= 4 is 17.7 Å². The van der Waals surface area contributed by atoms with Crippen LogP contribution in [0.4, 0.5) is 8.78 Å². The van der Waals surface area contributed by atoms with Crippen molar-refractivity contribution in [2.24, 2.45) is 0 Å². The van der Waals surface area contributed by atoms with E-state index in [1.54, 1.807) is 25.3 Å². The lowest BCUT2D eigenvalue weighted by Crippen LogP contribution is -2.12. The van der Waals surface area contributed by atoms with Crippen LogP contribution in [-0.4, -0.2) is 23.8 Å². The zero-order chi connectivity index (χ0) is 20.8. The van der Waals surface area contributed by atoms with Gasteiger partial charge in [-0.25, -0.2) is 13.8 Å². The summed E-state index contributed by atoms with van der Waals surface area (Å²) >= 11 is 0.985. The van der Waals surface area contributed by atoms with Crippen LogP contribution in [0.1, 0.15) is 5.56 Å². The quantitative estimate of drug-likeness (QED) is 0.335. The predicted molar refractivity (Wildman–Crippen MR) is 104 cm³/mol. The monoisotopic (exact) mass is 412 g/mol. The first-order valence-electron chi connectivity index (χ1n) is 8.35. The number of hydrogen-bond donors (Lipinski definition) is 0. The van der Waals surface area contributed by atoms with Gasteiger partial charge in [-0.1, -0.05) is 23.9 Å². The molecule has 0 aliphatic heterocycles. The molecule has 0 aliphatic rings. The number of hydrogen-bond acceptors (Lipinski definition) is 6. The van der Waals surface area contributed by atoms with Gasteiger partial charge in [0.25, 0.3) is 0 Å². The molecule has 0 spiro atoms. The van der Waals surface area contributed by atoms with Gasteiger partial charge >= 0.3 is 5.97 Å². The van der Waals surface area contributed by atoms with Crippen molar-refractivity contribution in [2.45, 2.75) is 5.03 Å². The predicted octanol–water partition coefficient (Wildman–Crippen LogP) is 4.60. The van der Waals surface area contributed by atoms with E-state index in [9.17, 15) is 18.8 Å². The number of ether oxygens (including phenoxy) is 2. The van der Waals surface area contributed by atoms with E-state index in [2.05, 4.69) is 4.98 Å². The van der Waals surface area contributed by atoms with Crippen LogP contribution in [0, 0.1) is 23.0 Å². The van der Waals surface area contributed by atoms with Gasteiger partial charge in [-0.2, -0.15) is 5.26 Å². The van der Waals surface area contributed by atoms with Crippen LogP contribution in [0.15, 0.2) is 59.6 Å². The van der Waals surface area contributed by atoms with E-state index < -0.39 is 17.6 Å². The SMILES string of the molecule is COc1ccccc1-c1ccc(C#N)c(SCC(=O)Oc2ccc(F)cc2F)n1. The first-order chi connectivity index (χ1) is 14.0. The molecule has 0 saturated carbocycles. The second-order valence-corrected chi connectivity index (χ2v) is 6.66. The van der Waals surface area contributed by atoms with Crippen LogP contribution in [-0.2, 0) is 4.79 Å². The summed E-state index contributed by atoms with van der Waals surface area (Å²) in [4.78, 5) is 16.5. The summed E-state index contributed by atoms with van der Waals surface area (Å²) in [5.74, 6) is -2.47. The van der Waals surface area contributed by atoms with Crippen LogP contribution in [0.2, 0.25) is 0 Å². The van der Waals surface area contributed by atoms with Crippen molar-refractivity contribution < 1.29 is 23.0 Å². The summed E-state index contributed by atoms with van der Waals surface area (Å²) in [6.07, 6.45) is 0. The van der Waals surface area contributed by atoms with Gasteiger partial charge < -0.3 is 9.47 Å². The van der Waals surface area contributed by atoms with E-state index in [-0.39, 0.29) is 17.1 Å². The molecule has 8 heteroatoms. The first kappa shape index (κ1) is 20.3. The highest BCUT2D eigenvalue weighted by molar-refractivity contribution is 7.99. The molecule has 1 aromatic heterocycles. The van der Waals surface area contributed by atoms with Crippen LogP contribution in [0.5, 0.6) is 11.5 Å². The summed E-state index contributed by atoms with van der Waals surface area (Å²) < 4.78 is 36.8. The number of pyridine rings is 1. The Hall–Kier alpha value is -3.44. The molecule has 0 amide bonds. The van der Waals surface area contributed by atoms with Crippen molar-refractivity contribution in [3.05, 3.63) is 71.8 Å². The third-order valence-electron chi connectivity index (χ3n) is 3.81. The molecule has 5 nitrogen and oxygen atoms in total. The highest BCUT2D eigenvalue weighted by Gasteiger charge is 2.15. The summed E-state index contributed by atoms with van der Waals surface area (Å²) in [5, 5.41) is 9.64. The Morgan fingerprint density at radius 2 is 1.93 bits per heavy atom. The Morgan fingerprint density at radius 1 is 1.14 bits per heavy atom. The van der Waals surface area contributed by atoms with E-state index in [0.717, 1.165) is 29.5 Å². The molecule has 0 N–H and O–H groups in total. The zero-order valence-electron chi connectivity index (χ0n) is 15.2. The number of thioether (sulfide) groups is 1. The standard InChI is InChI=1S/C21H14F2N2O3S/c1-27-18-5-3-2-4-15(18)17-8-6-13(11-24)21(25-17)29-12-20(26)28-19-9-7-14(22)10-16(19)23/h2-10H,12H2,1H3. The number of methoxy groups -OCH3 is 1. The Morgan fingerprint density at radius 3 is 2.66 bits per heavy atom. The van der Waals surface area contributed by atoms with Gasteiger partial charge in [-0.15, -0.1) is 0 Å². The minimum absolute atomic E-state index is 0.214. The van der Waals surface area contributed by atoms with Gasteiger partial charge in [0.2, 0.25) is 0 Å². The van der Waals surface area contributed by atoms with E-state index in [0.29, 0.717) is 22.5 Å². The highest BCUT2D eigenvalue weighted by Crippen LogP contribution is 2.31. The number of rotatable bonds is 6. The number of carbonyl (C=O) groups excluding carboxylic acids is 1. The summed E-state index contributed by atoms with van der Waals surface area (Å²) in [7, 11) is 1.54. The van der Waals surface area contributed by atoms with Gasteiger partial charge in [0.05, 0.1) is 24.1 Å². The molecule has 0 unspecified atom stereocenters. The largest absolute Gasteiger partial charge is 0.496 e. The second kappa shape index (κ2) is 9.17. The lowest BCUT2D eigenvalue weighted by Gasteiger charge is -2.10. The number of halogens is 2. The van der Waals surface area contributed by atoms with Gasteiger partial charge in [0, 0.05) is 11.6 Å². The molecule has 0 bridgehead atoms. The highest BCUT2D eigenvalue weighted by atomic mass is 32.2. The Bertz CT molecular complexity index is 1100. The molecule has 0 atom stereocenters. The minimum atomic E-state index is -0.975. The third-order valence-corrected chi connectivity index (χ3v) is 4.77. The Labute approximate surface area is 169 Å². The summed E-state index contributed by atoms with van der Waals surface area (Å²) in [6, 6.07) is 15.2. The average Bonchev–Trinajstić information content (AvgIpc) is 2.74. The number of para-hydroxylation sites is 1. The topological polar surface area (TPSA) is 72.2 Å². The molecule has 3 rings (SSSR count). The molecular formula is C21H14F2N2O3S. The van der Waals surface area contributed by atoms with E-state index >= 15 is 0 Å². The number of nitriles is 1. The molecule has 0 fully saturated rings. The van der Waals surface area contributed by atoms with E-state index in [1.165, 1.54) is 0 Å². The number of carbonyl (C=O) groups is 1. The number of aromatic nitrogens is 1. The third kappa shape index (κ3) is 4.89. The molecular weight excluding hydrogens is 398 g/mol. The van der Waals surface area contributed by atoms with Gasteiger partial charge in [-0.05, 0) is 36.4 Å². The second-order valence-electron chi connectivity index (χ2n) is 5.70. The van der Waals surface area contributed by atoms with E-state index in [1.807, 2.05) is 24.3 Å². The van der Waals surface area contributed by atoms with Gasteiger partial charge in [0.1, 0.15) is 22.7 Å². The van der Waals surface area contributed by atoms with Crippen molar-refractivity contribution in [1.82, 2.24) is 4.98 Å². The van der Waals surface area contributed by atoms with Crippen LogP contribution < -0.4 is 9.47 Å². The van der Waals surface area contributed by atoms with Gasteiger partial charge in [0.15, 0.2) is 11.6 Å². The maximum atomic E-state index is 13.6. The Kier molecular flexibility index (Phi) is 6.42. The lowest BCUT2D eigenvalue weighted by atomic mass is 10.1. The molecule has 0 radical (unpaired) electrons. The average molecular weight is 412 g/mol. The molecule has 146 valence electrons. The number of esters is 1. The Balaban J connectivity index is 1.78. The normalized spacial score (nSPS) is 10.3. The molecule has 0 aliphatic carbocycles. The van der Waals surface area contributed by atoms with Crippen LogP contribution >= 0.6 is 11.8 Å².